The van der Waals surface area contributed by atoms with E-state index < -0.39 is 5.97 Å². The van der Waals surface area contributed by atoms with Crippen LogP contribution in [0.2, 0.25) is 0 Å². The molecule has 1 fully saturated rings. The summed E-state index contributed by atoms with van der Waals surface area (Å²) in [5, 5.41) is 3.59. The zero-order valence-corrected chi connectivity index (χ0v) is 22.5. The molecule has 2 N–H and O–H groups in total. The molecule has 1 saturated heterocycles. The quantitative estimate of drug-likeness (QED) is 0.267. The van der Waals surface area contributed by atoms with Crippen molar-refractivity contribution in [1.82, 2.24) is 19.8 Å². The Morgan fingerprint density at radius 1 is 0.949 bits per heavy atom. The van der Waals surface area contributed by atoms with E-state index in [0.717, 1.165) is 38.0 Å². The van der Waals surface area contributed by atoms with E-state index >= 15 is 0 Å². The largest absolute Gasteiger partial charge is 0.465 e. The van der Waals surface area contributed by atoms with Crippen LogP contribution in [0.4, 0.5) is 0 Å². The van der Waals surface area contributed by atoms with E-state index in [4.69, 9.17) is 17.0 Å². The van der Waals surface area contributed by atoms with Gasteiger partial charge in [-0.15, -0.1) is 0 Å². The number of carbonyl (C=O) groups excluding carboxylic acids is 2. The number of rotatable bonds is 7. The molecule has 0 atom stereocenters. The Labute approximate surface area is 231 Å². The van der Waals surface area contributed by atoms with Crippen molar-refractivity contribution in [2.75, 3.05) is 20.2 Å². The summed E-state index contributed by atoms with van der Waals surface area (Å²) >= 11 is 5.43. The van der Waals surface area contributed by atoms with Gasteiger partial charge in [-0.25, -0.2) is 4.79 Å². The van der Waals surface area contributed by atoms with Gasteiger partial charge in [0.25, 0.3) is 11.5 Å². The number of piperidine rings is 1. The van der Waals surface area contributed by atoms with Crippen LogP contribution in [0.3, 0.4) is 0 Å². The maximum atomic E-state index is 13.1. The lowest BCUT2D eigenvalue weighted by Crippen LogP contribution is -2.44. The summed E-state index contributed by atoms with van der Waals surface area (Å²) in [5.74, 6) is -0.581. The molecule has 1 amide bonds. The van der Waals surface area contributed by atoms with Crippen LogP contribution in [0, 0.1) is 4.77 Å². The maximum absolute atomic E-state index is 13.1. The number of hydrogen-bond donors (Lipinski definition) is 2. The van der Waals surface area contributed by atoms with Gasteiger partial charge < -0.3 is 15.0 Å². The summed E-state index contributed by atoms with van der Waals surface area (Å²) in [7, 11) is 1.30. The van der Waals surface area contributed by atoms with Crippen LogP contribution >= 0.6 is 12.2 Å². The number of benzene rings is 3. The van der Waals surface area contributed by atoms with Gasteiger partial charge in [0.15, 0.2) is 4.77 Å². The Kier molecular flexibility index (Phi) is 7.99. The van der Waals surface area contributed by atoms with Crippen molar-refractivity contribution in [3.8, 4) is 0 Å². The second-order valence-electron chi connectivity index (χ2n) is 9.78. The third-order valence-electron chi connectivity index (χ3n) is 7.13. The average molecular weight is 543 g/mol. The topological polar surface area (TPSA) is 96.4 Å². The first kappa shape index (κ1) is 26.5. The zero-order valence-electron chi connectivity index (χ0n) is 21.7. The first-order valence-corrected chi connectivity index (χ1v) is 13.3. The highest BCUT2D eigenvalue weighted by Gasteiger charge is 2.21. The molecule has 1 aromatic heterocycles. The number of likely N-dealkylation sites (tertiary alicyclic amines) is 1. The van der Waals surface area contributed by atoms with Gasteiger partial charge in [-0.05, 0) is 66.5 Å². The minimum Gasteiger partial charge on any atom is -0.465 e. The highest BCUT2D eigenvalue weighted by atomic mass is 32.1. The Morgan fingerprint density at radius 3 is 2.31 bits per heavy atom. The number of nitrogens with one attached hydrogen (secondary N) is 2. The molecule has 1 aliphatic rings. The molecule has 0 spiro atoms. The fourth-order valence-corrected chi connectivity index (χ4v) is 5.19. The molecule has 0 radical (unpaired) electrons. The highest BCUT2D eigenvalue weighted by molar-refractivity contribution is 7.71. The highest BCUT2D eigenvalue weighted by Crippen LogP contribution is 2.16. The monoisotopic (exact) mass is 542 g/mol. The fourth-order valence-electron chi connectivity index (χ4n) is 4.93. The predicted molar refractivity (Wildman–Crippen MR) is 152 cm³/mol. The molecule has 9 heteroatoms. The van der Waals surface area contributed by atoms with Crippen molar-refractivity contribution >= 4 is 35.0 Å². The van der Waals surface area contributed by atoms with Gasteiger partial charge in [0.1, 0.15) is 0 Å². The Morgan fingerprint density at radius 2 is 1.62 bits per heavy atom. The number of ether oxygens (including phenoxy) is 1. The Hall–Kier alpha value is -4.08. The van der Waals surface area contributed by atoms with Crippen LogP contribution in [0.15, 0.2) is 77.6 Å². The third-order valence-corrected chi connectivity index (χ3v) is 7.45. The number of aromatic nitrogens is 2. The van der Waals surface area contributed by atoms with Crippen molar-refractivity contribution in [1.29, 1.82) is 0 Å². The van der Waals surface area contributed by atoms with E-state index in [1.54, 1.807) is 30.3 Å². The van der Waals surface area contributed by atoms with Crippen LogP contribution in [0.25, 0.3) is 10.9 Å². The molecular formula is C30H30N4O4S. The summed E-state index contributed by atoms with van der Waals surface area (Å²) < 4.78 is 6.46. The molecule has 4 aromatic rings. The lowest BCUT2D eigenvalue weighted by molar-refractivity contribution is 0.0600. The van der Waals surface area contributed by atoms with Crippen LogP contribution in [0.5, 0.6) is 0 Å². The second kappa shape index (κ2) is 11.8. The molecular weight excluding hydrogens is 512 g/mol. The first-order chi connectivity index (χ1) is 18.9. The summed E-state index contributed by atoms with van der Waals surface area (Å²) in [6, 6.07) is 22.5. The minimum absolute atomic E-state index is 0.0929. The Bertz CT molecular complexity index is 1600. The van der Waals surface area contributed by atoms with Crippen molar-refractivity contribution < 1.29 is 14.3 Å². The lowest BCUT2D eigenvalue weighted by Gasteiger charge is -2.32. The lowest BCUT2D eigenvalue weighted by atomic mass is 10.0. The summed E-state index contributed by atoms with van der Waals surface area (Å²) in [6.45, 7) is 3.08. The summed E-state index contributed by atoms with van der Waals surface area (Å²) in [5.41, 5.74) is 3.27. The number of methoxy groups -OCH3 is 1. The van der Waals surface area contributed by atoms with Crippen molar-refractivity contribution in [2.45, 2.75) is 32.0 Å². The number of aromatic amines is 1. The molecule has 2 heterocycles. The van der Waals surface area contributed by atoms with Gasteiger partial charge in [0.05, 0.1) is 30.1 Å². The van der Waals surface area contributed by atoms with Gasteiger partial charge in [-0.2, -0.15) is 0 Å². The van der Waals surface area contributed by atoms with Crippen LogP contribution in [-0.2, 0) is 17.8 Å². The van der Waals surface area contributed by atoms with Gasteiger partial charge in [-0.1, -0.05) is 42.5 Å². The van der Waals surface area contributed by atoms with E-state index in [0.29, 0.717) is 22.0 Å². The predicted octanol–water partition coefficient (Wildman–Crippen LogP) is 4.29. The van der Waals surface area contributed by atoms with E-state index in [1.165, 1.54) is 17.2 Å². The van der Waals surface area contributed by atoms with Crippen molar-refractivity contribution in [3.63, 3.8) is 0 Å². The minimum atomic E-state index is -0.488. The van der Waals surface area contributed by atoms with E-state index in [9.17, 15) is 14.4 Å². The summed E-state index contributed by atoms with van der Waals surface area (Å²) in [4.78, 5) is 43.3. The molecule has 8 nitrogen and oxygen atoms in total. The first-order valence-electron chi connectivity index (χ1n) is 12.9. The van der Waals surface area contributed by atoms with Gasteiger partial charge in [0, 0.05) is 31.2 Å². The molecule has 5 rings (SSSR count). The molecule has 0 aliphatic carbocycles. The Balaban J connectivity index is 1.20. The molecule has 39 heavy (non-hydrogen) atoms. The normalized spacial score (nSPS) is 14.3. The van der Waals surface area contributed by atoms with Crippen molar-refractivity contribution in [2.24, 2.45) is 0 Å². The van der Waals surface area contributed by atoms with Gasteiger partial charge in [-0.3, -0.25) is 19.1 Å². The van der Waals surface area contributed by atoms with E-state index in [-0.39, 0.29) is 28.8 Å². The maximum Gasteiger partial charge on any atom is 0.337 e. The number of H-pyrrole nitrogens is 1. The number of hydrogen-bond acceptors (Lipinski definition) is 6. The SMILES string of the molecule is COC(=O)c1ccc2c(=O)n(Cc3ccc(C(=O)NC4CCN(Cc5ccccc5)CC4)cc3)c(=S)[nH]c2c1. The van der Waals surface area contributed by atoms with Crippen molar-refractivity contribution in [3.05, 3.63) is 110 Å². The molecule has 0 unspecified atom stereocenters. The van der Waals surface area contributed by atoms with Crippen LogP contribution < -0.4 is 10.9 Å². The number of carbonyl (C=O) groups is 2. The van der Waals surface area contributed by atoms with Gasteiger partial charge in [0.2, 0.25) is 0 Å². The number of fused-ring (bicyclic) bond motifs is 1. The van der Waals surface area contributed by atoms with Crippen LogP contribution in [0.1, 0.15) is 44.7 Å². The van der Waals surface area contributed by atoms with E-state index in [2.05, 4.69) is 39.5 Å². The third kappa shape index (κ3) is 6.16. The zero-order chi connectivity index (χ0) is 27.4. The average Bonchev–Trinajstić information content (AvgIpc) is 2.96. The molecule has 0 bridgehead atoms. The fraction of sp³-hybridized carbons (Fsp3) is 0.267. The summed E-state index contributed by atoms with van der Waals surface area (Å²) in [6.07, 6.45) is 1.83. The number of esters is 1. The number of nitrogens with zero attached hydrogens (tertiary/aromatic N) is 2. The molecule has 1 aliphatic heterocycles. The number of amides is 1. The molecule has 0 saturated carbocycles. The van der Waals surface area contributed by atoms with Crippen LogP contribution in [-0.4, -0.2) is 52.6 Å². The second-order valence-corrected chi connectivity index (χ2v) is 10.2. The standard InChI is InChI=1S/C30H30N4O4S/c1-38-29(37)23-11-12-25-26(17-23)32-30(39)34(28(25)36)19-21-7-9-22(10-8-21)27(35)31-24-13-15-33(16-14-24)18-20-5-3-2-4-6-20/h2-12,17,24H,13-16,18-19H2,1H3,(H,31,35)(H,32,39). The molecule has 200 valence electrons. The molecule has 3 aromatic carbocycles. The smallest absolute Gasteiger partial charge is 0.337 e. The van der Waals surface area contributed by atoms with Gasteiger partial charge >= 0.3 is 5.97 Å². The van der Waals surface area contributed by atoms with E-state index in [1.807, 2.05) is 18.2 Å².